The van der Waals surface area contributed by atoms with Crippen molar-refractivity contribution in [3.8, 4) is 11.1 Å². The van der Waals surface area contributed by atoms with Gasteiger partial charge in [0, 0.05) is 24.3 Å². The standard InChI is InChI=1S/C18H19F3N2O/c1-3-23(4-2)16-10-9-12(11-15(16)18(19,20)21)13-7-5-6-8-14(13)17(22)24/h5-11H,3-4H2,1-2H3,(H2,22,24). The summed E-state index contributed by atoms with van der Waals surface area (Å²) in [7, 11) is 0. The number of alkyl halides is 3. The number of amides is 1. The van der Waals surface area contributed by atoms with Crippen LogP contribution in [0.1, 0.15) is 29.8 Å². The van der Waals surface area contributed by atoms with Crippen LogP contribution in [-0.2, 0) is 6.18 Å². The van der Waals surface area contributed by atoms with Gasteiger partial charge in [0.2, 0.25) is 5.91 Å². The number of nitrogens with two attached hydrogens (primary N) is 1. The maximum Gasteiger partial charge on any atom is 0.418 e. The maximum absolute atomic E-state index is 13.5. The fraction of sp³-hybridized carbons (Fsp3) is 0.278. The highest BCUT2D eigenvalue weighted by Gasteiger charge is 2.35. The second kappa shape index (κ2) is 6.95. The average molecular weight is 336 g/mol. The highest BCUT2D eigenvalue weighted by atomic mass is 19.4. The van der Waals surface area contributed by atoms with E-state index < -0.39 is 17.6 Å². The molecule has 0 saturated carbocycles. The third kappa shape index (κ3) is 3.53. The van der Waals surface area contributed by atoms with Crippen LogP contribution >= 0.6 is 0 Å². The number of carbonyl (C=O) groups excluding carboxylic acids is 1. The summed E-state index contributed by atoms with van der Waals surface area (Å²) in [6.45, 7) is 4.55. The Labute approximate surface area is 138 Å². The first-order valence-electron chi connectivity index (χ1n) is 7.65. The highest BCUT2D eigenvalue weighted by molar-refractivity contribution is 6.00. The normalized spacial score (nSPS) is 11.4. The van der Waals surface area contributed by atoms with Crippen molar-refractivity contribution < 1.29 is 18.0 Å². The fourth-order valence-corrected chi connectivity index (χ4v) is 2.72. The summed E-state index contributed by atoms with van der Waals surface area (Å²) in [5, 5.41) is 0. The predicted octanol–water partition coefficient (Wildman–Crippen LogP) is 4.32. The number of rotatable bonds is 5. The summed E-state index contributed by atoms with van der Waals surface area (Å²) in [4.78, 5) is 13.2. The lowest BCUT2D eigenvalue weighted by Gasteiger charge is -2.25. The van der Waals surface area contributed by atoms with Crippen molar-refractivity contribution >= 4 is 11.6 Å². The van der Waals surface area contributed by atoms with Gasteiger partial charge in [-0.3, -0.25) is 4.79 Å². The molecule has 0 aromatic heterocycles. The summed E-state index contributed by atoms with van der Waals surface area (Å²) in [5.74, 6) is -0.674. The molecule has 2 N–H and O–H groups in total. The molecule has 3 nitrogen and oxygen atoms in total. The van der Waals surface area contributed by atoms with Crippen LogP contribution in [0.3, 0.4) is 0 Å². The predicted molar refractivity (Wildman–Crippen MR) is 89.0 cm³/mol. The second-order valence-corrected chi connectivity index (χ2v) is 5.31. The van der Waals surface area contributed by atoms with Gasteiger partial charge in [-0.05, 0) is 43.2 Å². The van der Waals surface area contributed by atoms with E-state index in [1.807, 2.05) is 0 Å². The van der Waals surface area contributed by atoms with E-state index >= 15 is 0 Å². The molecule has 0 heterocycles. The van der Waals surface area contributed by atoms with Crippen molar-refractivity contribution in [3.63, 3.8) is 0 Å². The number of hydrogen-bond donors (Lipinski definition) is 1. The lowest BCUT2D eigenvalue weighted by Crippen LogP contribution is -2.25. The first kappa shape index (κ1) is 17.8. The first-order chi connectivity index (χ1) is 11.3. The van der Waals surface area contributed by atoms with Gasteiger partial charge in [-0.25, -0.2) is 0 Å². The summed E-state index contributed by atoms with van der Waals surface area (Å²) < 4.78 is 40.6. The van der Waals surface area contributed by atoms with Crippen LogP contribution in [0.25, 0.3) is 11.1 Å². The van der Waals surface area contributed by atoms with E-state index in [4.69, 9.17) is 5.73 Å². The van der Waals surface area contributed by atoms with E-state index in [1.165, 1.54) is 12.1 Å². The number of hydrogen-bond acceptors (Lipinski definition) is 2. The molecule has 2 rings (SSSR count). The Morgan fingerprint density at radius 1 is 1.08 bits per heavy atom. The summed E-state index contributed by atoms with van der Waals surface area (Å²) >= 11 is 0. The Morgan fingerprint density at radius 2 is 1.71 bits per heavy atom. The number of benzene rings is 2. The molecule has 1 amide bonds. The zero-order chi connectivity index (χ0) is 17.9. The van der Waals surface area contributed by atoms with Crippen LogP contribution in [0.4, 0.5) is 18.9 Å². The summed E-state index contributed by atoms with van der Waals surface area (Å²) in [5.41, 5.74) is 5.64. The Bertz CT molecular complexity index is 737. The topological polar surface area (TPSA) is 46.3 Å². The second-order valence-electron chi connectivity index (χ2n) is 5.31. The van der Waals surface area contributed by atoms with Crippen molar-refractivity contribution in [1.82, 2.24) is 0 Å². The lowest BCUT2D eigenvalue weighted by atomic mass is 9.96. The number of primary amides is 1. The van der Waals surface area contributed by atoms with Crippen molar-refractivity contribution in [3.05, 3.63) is 53.6 Å². The molecule has 6 heteroatoms. The van der Waals surface area contributed by atoms with E-state index in [0.29, 0.717) is 24.2 Å². The number of halogens is 3. The molecule has 24 heavy (non-hydrogen) atoms. The minimum Gasteiger partial charge on any atom is -0.372 e. The molecule has 0 saturated heterocycles. The van der Waals surface area contributed by atoms with Gasteiger partial charge in [0.1, 0.15) is 0 Å². The van der Waals surface area contributed by atoms with E-state index in [9.17, 15) is 18.0 Å². The number of carbonyl (C=O) groups is 1. The molecule has 0 radical (unpaired) electrons. The van der Waals surface area contributed by atoms with Gasteiger partial charge >= 0.3 is 6.18 Å². The quantitative estimate of drug-likeness (QED) is 0.884. The molecular weight excluding hydrogens is 317 g/mol. The summed E-state index contributed by atoms with van der Waals surface area (Å²) in [6, 6.07) is 10.5. The van der Waals surface area contributed by atoms with E-state index in [1.54, 1.807) is 43.0 Å². The smallest absolute Gasteiger partial charge is 0.372 e. The lowest BCUT2D eigenvalue weighted by molar-refractivity contribution is -0.137. The monoisotopic (exact) mass is 336 g/mol. The molecule has 0 spiro atoms. The van der Waals surface area contributed by atoms with Gasteiger partial charge in [-0.15, -0.1) is 0 Å². The Morgan fingerprint density at radius 3 is 2.25 bits per heavy atom. The Balaban J connectivity index is 2.66. The molecule has 0 aliphatic heterocycles. The minimum absolute atomic E-state index is 0.132. The van der Waals surface area contributed by atoms with Crippen molar-refractivity contribution in [2.24, 2.45) is 5.73 Å². The largest absolute Gasteiger partial charge is 0.418 e. The van der Waals surface area contributed by atoms with Crippen molar-refractivity contribution in [1.29, 1.82) is 0 Å². The van der Waals surface area contributed by atoms with Crippen LogP contribution < -0.4 is 10.6 Å². The van der Waals surface area contributed by atoms with Crippen LogP contribution in [0, 0.1) is 0 Å². The van der Waals surface area contributed by atoms with Crippen LogP contribution in [0.2, 0.25) is 0 Å². The zero-order valence-corrected chi connectivity index (χ0v) is 13.5. The molecule has 0 aliphatic carbocycles. The molecule has 0 atom stereocenters. The van der Waals surface area contributed by atoms with E-state index in [-0.39, 0.29) is 11.3 Å². The molecular formula is C18H19F3N2O. The Kier molecular flexibility index (Phi) is 5.17. The van der Waals surface area contributed by atoms with E-state index in [0.717, 1.165) is 6.07 Å². The van der Waals surface area contributed by atoms with Gasteiger partial charge in [0.25, 0.3) is 0 Å². The Hall–Kier alpha value is -2.50. The van der Waals surface area contributed by atoms with Gasteiger partial charge in [0.05, 0.1) is 5.56 Å². The number of nitrogens with zero attached hydrogens (tertiary/aromatic N) is 1. The first-order valence-corrected chi connectivity index (χ1v) is 7.65. The molecule has 128 valence electrons. The molecule has 2 aromatic rings. The van der Waals surface area contributed by atoms with E-state index in [2.05, 4.69) is 0 Å². The maximum atomic E-state index is 13.5. The van der Waals surface area contributed by atoms with Crippen molar-refractivity contribution in [2.45, 2.75) is 20.0 Å². The van der Waals surface area contributed by atoms with Gasteiger partial charge < -0.3 is 10.6 Å². The summed E-state index contributed by atoms with van der Waals surface area (Å²) in [6.07, 6.45) is -4.49. The molecule has 0 aliphatic rings. The third-order valence-electron chi connectivity index (χ3n) is 3.91. The molecule has 0 fully saturated rings. The third-order valence-corrected chi connectivity index (χ3v) is 3.91. The minimum atomic E-state index is -4.49. The van der Waals surface area contributed by atoms with Crippen molar-refractivity contribution in [2.75, 3.05) is 18.0 Å². The zero-order valence-electron chi connectivity index (χ0n) is 13.5. The van der Waals surface area contributed by atoms with Crippen LogP contribution in [-0.4, -0.2) is 19.0 Å². The van der Waals surface area contributed by atoms with Gasteiger partial charge in [0.15, 0.2) is 0 Å². The molecule has 0 unspecified atom stereocenters. The van der Waals surface area contributed by atoms with Crippen LogP contribution in [0.5, 0.6) is 0 Å². The SMILES string of the molecule is CCN(CC)c1ccc(-c2ccccc2C(N)=O)cc1C(F)(F)F. The average Bonchev–Trinajstić information content (AvgIpc) is 2.55. The van der Waals surface area contributed by atoms with Gasteiger partial charge in [-0.1, -0.05) is 24.3 Å². The fourth-order valence-electron chi connectivity index (χ4n) is 2.72. The highest BCUT2D eigenvalue weighted by Crippen LogP contribution is 2.39. The van der Waals surface area contributed by atoms with Gasteiger partial charge in [-0.2, -0.15) is 13.2 Å². The molecule has 2 aromatic carbocycles. The molecule has 0 bridgehead atoms. The number of anilines is 1. The van der Waals surface area contributed by atoms with Crippen LogP contribution in [0.15, 0.2) is 42.5 Å².